The molecule has 0 bridgehead atoms. The molecule has 0 radical (unpaired) electrons. The van der Waals surface area contributed by atoms with Gasteiger partial charge in [0.15, 0.2) is 5.11 Å². The number of benzene rings is 2. The van der Waals surface area contributed by atoms with E-state index in [2.05, 4.69) is 50.5 Å². The van der Waals surface area contributed by atoms with Crippen molar-refractivity contribution < 1.29 is 14.5 Å². The summed E-state index contributed by atoms with van der Waals surface area (Å²) >= 11 is 9.85. The third-order valence-corrected chi connectivity index (χ3v) is 7.59. The van der Waals surface area contributed by atoms with Gasteiger partial charge in [0.25, 0.3) is 11.6 Å². The number of non-ortho nitro benzene ring substituents is 1. The molecule has 2 fully saturated rings. The first-order valence-electron chi connectivity index (χ1n) is 10.5. The van der Waals surface area contributed by atoms with Crippen molar-refractivity contribution in [3.8, 4) is 5.75 Å². The van der Waals surface area contributed by atoms with Gasteiger partial charge >= 0.3 is 0 Å². The lowest BCUT2D eigenvalue weighted by atomic mass is 9.94. The minimum Gasteiger partial charge on any atom is -0.487 e. The maximum atomic E-state index is 13.0. The summed E-state index contributed by atoms with van der Waals surface area (Å²) in [5.74, 6) is 0.637. The summed E-state index contributed by atoms with van der Waals surface area (Å²) in [7, 11) is 0. The molecule has 10 heteroatoms. The van der Waals surface area contributed by atoms with Crippen LogP contribution in [0.25, 0.3) is 6.08 Å². The van der Waals surface area contributed by atoms with Crippen LogP contribution < -0.4 is 10.1 Å². The topological polar surface area (TPSA) is 84.7 Å². The van der Waals surface area contributed by atoms with Gasteiger partial charge in [-0.25, -0.2) is 0 Å². The van der Waals surface area contributed by atoms with Crippen LogP contribution in [0.15, 0.2) is 42.1 Å². The normalized spacial score (nSPS) is 18.0. The quantitative estimate of drug-likeness (QED) is 0.136. The molecule has 0 spiro atoms. The summed E-state index contributed by atoms with van der Waals surface area (Å²) in [4.78, 5) is 25.3. The Bertz CT molecular complexity index is 1130. The Balaban J connectivity index is 1.49. The van der Waals surface area contributed by atoms with Crippen LogP contribution in [0.4, 0.5) is 5.69 Å². The molecule has 1 aliphatic carbocycles. The fourth-order valence-corrected chi connectivity index (χ4v) is 6.57. The summed E-state index contributed by atoms with van der Waals surface area (Å²) in [6.07, 6.45) is 7.29. The van der Waals surface area contributed by atoms with E-state index in [1.807, 2.05) is 18.2 Å². The number of thiocarbonyl (C=S) groups is 1. The van der Waals surface area contributed by atoms with Crippen LogP contribution in [0.1, 0.15) is 43.2 Å². The van der Waals surface area contributed by atoms with Crippen LogP contribution >= 0.6 is 57.4 Å². The largest absolute Gasteiger partial charge is 0.487 e. The SMILES string of the molecule is O=C1/C(=C/c2cc(I)c(OCc3cccc([N+](=O)[O-])c3)c(I)c2)NC(=S)N1C1CCCCC1. The third-order valence-electron chi connectivity index (χ3n) is 5.69. The van der Waals surface area contributed by atoms with Crippen molar-refractivity contribution in [2.75, 3.05) is 0 Å². The summed E-state index contributed by atoms with van der Waals surface area (Å²) < 4.78 is 7.74. The second-order valence-corrected chi connectivity index (χ2v) is 10.7. The number of halogens is 2. The molecule has 4 rings (SSSR count). The Morgan fingerprint density at radius 3 is 2.55 bits per heavy atom. The van der Waals surface area contributed by atoms with Gasteiger partial charge in [0.1, 0.15) is 18.1 Å². The Labute approximate surface area is 224 Å². The van der Waals surface area contributed by atoms with E-state index in [0.29, 0.717) is 16.6 Å². The zero-order chi connectivity index (χ0) is 23.5. The van der Waals surface area contributed by atoms with Crippen molar-refractivity contribution in [1.29, 1.82) is 0 Å². The maximum absolute atomic E-state index is 13.0. The van der Waals surface area contributed by atoms with E-state index in [4.69, 9.17) is 17.0 Å². The first-order chi connectivity index (χ1) is 15.8. The lowest BCUT2D eigenvalue weighted by molar-refractivity contribution is -0.384. The van der Waals surface area contributed by atoms with Crippen LogP contribution in [-0.4, -0.2) is 26.9 Å². The van der Waals surface area contributed by atoms with E-state index in [1.165, 1.54) is 18.6 Å². The average molecular weight is 689 g/mol. The highest BCUT2D eigenvalue weighted by molar-refractivity contribution is 14.1. The van der Waals surface area contributed by atoms with Gasteiger partial charge in [-0.2, -0.15) is 0 Å². The lowest BCUT2D eigenvalue weighted by Crippen LogP contribution is -2.41. The molecule has 2 aromatic rings. The zero-order valence-electron chi connectivity index (χ0n) is 17.6. The molecule has 0 atom stereocenters. The summed E-state index contributed by atoms with van der Waals surface area (Å²) in [5.41, 5.74) is 2.12. The number of ether oxygens (including phenoxy) is 1. The van der Waals surface area contributed by atoms with E-state index in [9.17, 15) is 14.9 Å². The minimum atomic E-state index is -0.418. The van der Waals surface area contributed by atoms with Crippen LogP contribution in [0, 0.1) is 17.3 Å². The van der Waals surface area contributed by atoms with Gasteiger partial charge in [0.05, 0.1) is 12.1 Å². The molecule has 1 saturated heterocycles. The van der Waals surface area contributed by atoms with Crippen LogP contribution in [-0.2, 0) is 11.4 Å². The maximum Gasteiger partial charge on any atom is 0.276 e. The number of rotatable bonds is 6. The number of carbonyl (C=O) groups is 1. The van der Waals surface area contributed by atoms with Crippen molar-refractivity contribution in [3.05, 3.63) is 70.5 Å². The minimum absolute atomic E-state index is 0.0383. The molecule has 0 unspecified atom stereocenters. The molecule has 33 heavy (non-hydrogen) atoms. The fourth-order valence-electron chi connectivity index (χ4n) is 4.10. The van der Waals surface area contributed by atoms with Gasteiger partial charge in [-0.15, -0.1) is 0 Å². The number of carbonyl (C=O) groups excluding carboxylic acids is 1. The molecule has 1 amide bonds. The van der Waals surface area contributed by atoms with Crippen molar-refractivity contribution in [3.63, 3.8) is 0 Å². The lowest BCUT2D eigenvalue weighted by Gasteiger charge is -2.29. The first-order valence-corrected chi connectivity index (χ1v) is 13.1. The Morgan fingerprint density at radius 1 is 1.18 bits per heavy atom. The van der Waals surface area contributed by atoms with Crippen molar-refractivity contribution in [1.82, 2.24) is 10.2 Å². The molecule has 1 N–H and O–H groups in total. The highest BCUT2D eigenvalue weighted by Crippen LogP contribution is 2.32. The van der Waals surface area contributed by atoms with E-state index < -0.39 is 4.92 Å². The number of nitrogens with zero attached hydrogens (tertiary/aromatic N) is 2. The van der Waals surface area contributed by atoms with Crippen molar-refractivity contribution in [2.24, 2.45) is 0 Å². The standard InChI is InChI=1S/C23H21I2N3O4S/c24-18-10-15(12-20-22(29)27(23(33)26-20)16-6-2-1-3-7-16)11-19(25)21(18)32-13-14-5-4-8-17(9-14)28(30)31/h4-5,8-12,16H,1-3,6-7,13H2,(H,26,33)/b20-12-. The number of hydrogen-bond donors (Lipinski definition) is 1. The Hall–Kier alpha value is -1.80. The highest BCUT2D eigenvalue weighted by atomic mass is 127. The van der Waals surface area contributed by atoms with E-state index in [1.54, 1.807) is 17.0 Å². The summed E-state index contributed by atoms with van der Waals surface area (Å²) in [5, 5.41) is 14.6. The van der Waals surface area contributed by atoms with Crippen LogP contribution in [0.5, 0.6) is 5.75 Å². The van der Waals surface area contributed by atoms with Gasteiger partial charge in [-0.3, -0.25) is 19.8 Å². The van der Waals surface area contributed by atoms with Crippen LogP contribution in [0.2, 0.25) is 0 Å². The number of nitro benzene ring substituents is 1. The highest BCUT2D eigenvalue weighted by Gasteiger charge is 2.36. The average Bonchev–Trinajstić information content (AvgIpc) is 3.06. The molecule has 1 aliphatic heterocycles. The van der Waals surface area contributed by atoms with Gasteiger partial charge in [-0.05, 0) is 99.6 Å². The van der Waals surface area contributed by atoms with Crippen molar-refractivity contribution >= 4 is 80.2 Å². The first kappa shape index (κ1) is 24.3. The van der Waals surface area contributed by atoms with Crippen LogP contribution in [0.3, 0.4) is 0 Å². The molecule has 7 nitrogen and oxygen atoms in total. The molecule has 172 valence electrons. The molecular weight excluding hydrogens is 668 g/mol. The second kappa shape index (κ2) is 10.6. The fraction of sp³-hybridized carbons (Fsp3) is 0.304. The number of nitro groups is 1. The third kappa shape index (κ3) is 5.65. The van der Waals surface area contributed by atoms with Gasteiger partial charge < -0.3 is 10.1 Å². The number of amides is 1. The van der Waals surface area contributed by atoms with E-state index >= 15 is 0 Å². The zero-order valence-corrected chi connectivity index (χ0v) is 22.7. The van der Waals surface area contributed by atoms with Crippen molar-refractivity contribution in [2.45, 2.75) is 44.8 Å². The predicted molar refractivity (Wildman–Crippen MR) is 147 cm³/mol. The monoisotopic (exact) mass is 689 g/mol. The second-order valence-electron chi connectivity index (χ2n) is 7.98. The Morgan fingerprint density at radius 2 is 1.88 bits per heavy atom. The number of hydrogen-bond acceptors (Lipinski definition) is 5. The van der Waals surface area contributed by atoms with E-state index in [-0.39, 0.29) is 24.2 Å². The molecule has 2 aliphatic rings. The van der Waals surface area contributed by atoms with Gasteiger partial charge in [-0.1, -0.05) is 31.4 Å². The Kier molecular flexibility index (Phi) is 7.84. The van der Waals surface area contributed by atoms with Gasteiger partial charge in [0, 0.05) is 18.2 Å². The molecular formula is C23H21I2N3O4S. The molecule has 1 saturated carbocycles. The number of nitrogens with one attached hydrogen (secondary N) is 1. The molecule has 0 aromatic heterocycles. The molecule has 1 heterocycles. The van der Waals surface area contributed by atoms with E-state index in [0.717, 1.165) is 44.0 Å². The molecule has 2 aromatic carbocycles. The predicted octanol–water partition coefficient (Wildman–Crippen LogP) is 5.77. The smallest absolute Gasteiger partial charge is 0.276 e. The van der Waals surface area contributed by atoms with Gasteiger partial charge in [0.2, 0.25) is 0 Å². The summed E-state index contributed by atoms with van der Waals surface area (Å²) in [6.45, 7) is 0.221. The summed E-state index contributed by atoms with van der Waals surface area (Å²) in [6, 6.07) is 10.5.